The molecule has 1 saturated carbocycles. The Balaban J connectivity index is 2.24. The van der Waals surface area contributed by atoms with Crippen LogP contribution in [-0.4, -0.2) is 24.0 Å². The van der Waals surface area contributed by atoms with Crippen LogP contribution in [0.25, 0.3) is 0 Å². The SMILES string of the molecule is CCN(c1ccccc1C)C1CCCC(N)(C(N)=O)C1. The van der Waals surface area contributed by atoms with Crippen LogP contribution in [0.4, 0.5) is 5.69 Å². The number of primary amides is 1. The van der Waals surface area contributed by atoms with Crippen LogP contribution in [0.3, 0.4) is 0 Å². The van der Waals surface area contributed by atoms with Gasteiger partial charge in [0.25, 0.3) is 0 Å². The summed E-state index contributed by atoms with van der Waals surface area (Å²) in [6.07, 6.45) is 3.36. The van der Waals surface area contributed by atoms with Crippen LogP contribution < -0.4 is 16.4 Å². The highest BCUT2D eigenvalue weighted by Gasteiger charge is 2.39. The molecule has 1 fully saturated rings. The van der Waals surface area contributed by atoms with Gasteiger partial charge in [-0.15, -0.1) is 0 Å². The monoisotopic (exact) mass is 275 g/mol. The molecule has 1 aromatic carbocycles. The first-order valence-electron chi connectivity index (χ1n) is 7.39. The molecule has 0 heterocycles. The summed E-state index contributed by atoms with van der Waals surface area (Å²) in [7, 11) is 0. The van der Waals surface area contributed by atoms with Crippen molar-refractivity contribution in [1.82, 2.24) is 0 Å². The first-order valence-corrected chi connectivity index (χ1v) is 7.39. The Kier molecular flexibility index (Phi) is 4.33. The lowest BCUT2D eigenvalue weighted by Crippen LogP contribution is -2.58. The fourth-order valence-corrected chi connectivity index (χ4v) is 3.28. The molecule has 1 aliphatic carbocycles. The van der Waals surface area contributed by atoms with Gasteiger partial charge in [0.15, 0.2) is 0 Å². The maximum absolute atomic E-state index is 11.6. The second kappa shape index (κ2) is 5.83. The summed E-state index contributed by atoms with van der Waals surface area (Å²) in [6, 6.07) is 8.63. The Hall–Kier alpha value is -1.55. The van der Waals surface area contributed by atoms with E-state index in [0.29, 0.717) is 12.8 Å². The van der Waals surface area contributed by atoms with Crippen molar-refractivity contribution in [3.63, 3.8) is 0 Å². The van der Waals surface area contributed by atoms with Crippen LogP contribution in [0.5, 0.6) is 0 Å². The van der Waals surface area contributed by atoms with Crippen LogP contribution in [0.1, 0.15) is 38.2 Å². The van der Waals surface area contributed by atoms with Crippen molar-refractivity contribution in [3.05, 3.63) is 29.8 Å². The molecule has 2 unspecified atom stereocenters. The Morgan fingerprint density at radius 2 is 2.15 bits per heavy atom. The second-order valence-corrected chi connectivity index (χ2v) is 5.84. The number of amides is 1. The van der Waals surface area contributed by atoms with Gasteiger partial charge in [-0.05, 0) is 51.2 Å². The summed E-state index contributed by atoms with van der Waals surface area (Å²) in [5.41, 5.74) is 13.3. The highest BCUT2D eigenvalue weighted by molar-refractivity contribution is 5.84. The molecule has 1 aliphatic rings. The van der Waals surface area contributed by atoms with Gasteiger partial charge in [-0.3, -0.25) is 4.79 Å². The Bertz CT molecular complexity index is 488. The van der Waals surface area contributed by atoms with Crippen LogP contribution >= 0.6 is 0 Å². The van der Waals surface area contributed by atoms with E-state index in [1.54, 1.807) is 0 Å². The van der Waals surface area contributed by atoms with Crippen molar-refractivity contribution in [3.8, 4) is 0 Å². The third-order valence-corrected chi connectivity index (χ3v) is 4.46. The lowest BCUT2D eigenvalue weighted by molar-refractivity contribution is -0.124. The third-order valence-electron chi connectivity index (χ3n) is 4.46. The van der Waals surface area contributed by atoms with E-state index in [1.807, 2.05) is 6.07 Å². The molecule has 4 nitrogen and oxygen atoms in total. The molecule has 0 spiro atoms. The van der Waals surface area contributed by atoms with Gasteiger partial charge >= 0.3 is 0 Å². The van der Waals surface area contributed by atoms with E-state index in [2.05, 4.69) is 36.9 Å². The van der Waals surface area contributed by atoms with Gasteiger partial charge in [0.2, 0.25) is 5.91 Å². The minimum absolute atomic E-state index is 0.285. The zero-order valence-corrected chi connectivity index (χ0v) is 12.4. The van der Waals surface area contributed by atoms with E-state index in [9.17, 15) is 4.79 Å². The normalized spacial score (nSPS) is 26.2. The van der Waals surface area contributed by atoms with Crippen molar-refractivity contribution in [2.75, 3.05) is 11.4 Å². The van der Waals surface area contributed by atoms with Gasteiger partial charge in [0.1, 0.15) is 0 Å². The van der Waals surface area contributed by atoms with Crippen molar-refractivity contribution >= 4 is 11.6 Å². The van der Waals surface area contributed by atoms with E-state index in [-0.39, 0.29) is 11.9 Å². The van der Waals surface area contributed by atoms with Gasteiger partial charge in [-0.25, -0.2) is 0 Å². The maximum Gasteiger partial charge on any atom is 0.237 e. The quantitative estimate of drug-likeness (QED) is 0.882. The van der Waals surface area contributed by atoms with Crippen LogP contribution in [-0.2, 0) is 4.79 Å². The van der Waals surface area contributed by atoms with Gasteiger partial charge in [-0.1, -0.05) is 18.2 Å². The van der Waals surface area contributed by atoms with Crippen molar-refractivity contribution in [2.45, 2.75) is 51.1 Å². The first-order chi connectivity index (χ1) is 9.48. The highest BCUT2D eigenvalue weighted by Crippen LogP contribution is 2.33. The molecule has 0 bridgehead atoms. The van der Waals surface area contributed by atoms with Gasteiger partial charge in [-0.2, -0.15) is 0 Å². The summed E-state index contributed by atoms with van der Waals surface area (Å²) in [5, 5.41) is 0. The number of hydrogen-bond donors (Lipinski definition) is 2. The molecule has 0 saturated heterocycles. The maximum atomic E-state index is 11.6. The Morgan fingerprint density at radius 1 is 1.45 bits per heavy atom. The summed E-state index contributed by atoms with van der Waals surface area (Å²) < 4.78 is 0. The lowest BCUT2D eigenvalue weighted by atomic mass is 9.78. The van der Waals surface area contributed by atoms with Crippen LogP contribution in [0.15, 0.2) is 24.3 Å². The standard InChI is InChI=1S/C16H25N3O/c1-3-19(14-9-5-4-7-12(14)2)13-8-6-10-16(18,11-13)15(17)20/h4-5,7,9,13H,3,6,8,10-11,18H2,1-2H3,(H2,17,20). The number of carbonyl (C=O) groups is 1. The molecule has 2 atom stereocenters. The molecule has 1 aromatic rings. The molecule has 0 aromatic heterocycles. The number of para-hydroxylation sites is 1. The molecule has 2 rings (SSSR count). The number of nitrogens with zero attached hydrogens (tertiary/aromatic N) is 1. The van der Waals surface area contributed by atoms with Gasteiger partial charge in [0, 0.05) is 18.3 Å². The number of nitrogens with two attached hydrogens (primary N) is 2. The van der Waals surface area contributed by atoms with Crippen LogP contribution in [0.2, 0.25) is 0 Å². The molecule has 0 radical (unpaired) electrons. The predicted molar refractivity (Wildman–Crippen MR) is 82.6 cm³/mol. The number of rotatable bonds is 4. The van der Waals surface area contributed by atoms with Crippen LogP contribution in [0, 0.1) is 6.92 Å². The smallest absolute Gasteiger partial charge is 0.237 e. The van der Waals surface area contributed by atoms with E-state index < -0.39 is 5.54 Å². The summed E-state index contributed by atoms with van der Waals surface area (Å²) >= 11 is 0. The molecular weight excluding hydrogens is 250 g/mol. The summed E-state index contributed by atoms with van der Waals surface area (Å²) in [5.74, 6) is -0.372. The van der Waals surface area contributed by atoms with Crippen molar-refractivity contribution in [1.29, 1.82) is 0 Å². The molecule has 1 amide bonds. The van der Waals surface area contributed by atoms with E-state index in [0.717, 1.165) is 19.4 Å². The van der Waals surface area contributed by atoms with Crippen molar-refractivity contribution in [2.24, 2.45) is 11.5 Å². The number of anilines is 1. The largest absolute Gasteiger partial charge is 0.369 e. The predicted octanol–water partition coefficient (Wildman–Crippen LogP) is 1.95. The summed E-state index contributed by atoms with van der Waals surface area (Å²) in [4.78, 5) is 14.0. The van der Waals surface area contributed by atoms with Gasteiger partial charge in [0.05, 0.1) is 5.54 Å². The second-order valence-electron chi connectivity index (χ2n) is 5.84. The minimum atomic E-state index is -0.848. The fourth-order valence-electron chi connectivity index (χ4n) is 3.28. The topological polar surface area (TPSA) is 72.3 Å². The van der Waals surface area contributed by atoms with E-state index >= 15 is 0 Å². The molecule has 4 N–H and O–H groups in total. The molecular formula is C16H25N3O. The zero-order chi connectivity index (χ0) is 14.8. The molecule has 20 heavy (non-hydrogen) atoms. The fraction of sp³-hybridized carbons (Fsp3) is 0.562. The van der Waals surface area contributed by atoms with Crippen molar-refractivity contribution < 1.29 is 4.79 Å². The average Bonchev–Trinajstić information content (AvgIpc) is 2.42. The average molecular weight is 275 g/mol. The molecule has 0 aliphatic heterocycles. The number of aryl methyl sites for hydroxylation is 1. The number of carbonyl (C=O) groups excluding carboxylic acids is 1. The third kappa shape index (κ3) is 2.80. The zero-order valence-electron chi connectivity index (χ0n) is 12.4. The minimum Gasteiger partial charge on any atom is -0.369 e. The summed E-state index contributed by atoms with van der Waals surface area (Å²) in [6.45, 7) is 5.17. The first kappa shape index (κ1) is 14.9. The highest BCUT2D eigenvalue weighted by atomic mass is 16.1. The molecule has 4 heteroatoms. The van der Waals surface area contributed by atoms with E-state index in [1.165, 1.54) is 11.3 Å². The lowest BCUT2D eigenvalue weighted by Gasteiger charge is -2.42. The number of benzene rings is 1. The Morgan fingerprint density at radius 3 is 2.75 bits per heavy atom. The Labute approximate surface area is 121 Å². The van der Waals surface area contributed by atoms with E-state index in [4.69, 9.17) is 11.5 Å². The van der Waals surface area contributed by atoms with Gasteiger partial charge < -0.3 is 16.4 Å². The number of hydrogen-bond acceptors (Lipinski definition) is 3. The molecule has 110 valence electrons.